The number of nitrogens with zero attached hydrogens (tertiary/aromatic N) is 4. The summed E-state index contributed by atoms with van der Waals surface area (Å²) in [5.74, 6) is 2.25. The van der Waals surface area contributed by atoms with Crippen LogP contribution in [0.15, 0.2) is 28.8 Å². The molecule has 0 spiro atoms. The fraction of sp³-hybridized carbons (Fsp3) is 0.556. The summed E-state index contributed by atoms with van der Waals surface area (Å²) in [6.07, 6.45) is 3.60. The summed E-state index contributed by atoms with van der Waals surface area (Å²) in [5.41, 5.74) is 2.72. The van der Waals surface area contributed by atoms with Crippen molar-refractivity contribution in [2.75, 3.05) is 31.1 Å². The molecule has 1 saturated carbocycles. The molecule has 1 aliphatic heterocycles. The third-order valence-electron chi connectivity index (χ3n) is 4.83. The molecule has 4 rings (SSSR count). The van der Waals surface area contributed by atoms with E-state index in [9.17, 15) is 0 Å². The van der Waals surface area contributed by atoms with Gasteiger partial charge in [0.2, 0.25) is 5.89 Å². The van der Waals surface area contributed by atoms with Crippen LogP contribution in [0.4, 0.5) is 5.69 Å². The lowest BCUT2D eigenvalue weighted by Crippen LogP contribution is -2.30. The monoisotopic (exact) mass is 312 g/mol. The van der Waals surface area contributed by atoms with E-state index in [1.54, 1.807) is 0 Å². The van der Waals surface area contributed by atoms with Gasteiger partial charge in [0.1, 0.15) is 0 Å². The van der Waals surface area contributed by atoms with Gasteiger partial charge in [-0.15, -0.1) is 0 Å². The maximum Gasteiger partial charge on any atom is 0.240 e. The molecular weight excluding hydrogens is 288 g/mol. The lowest BCUT2D eigenvalue weighted by molar-refractivity contribution is 0.239. The maximum absolute atomic E-state index is 5.42. The molecule has 2 aromatic rings. The Morgan fingerprint density at radius 3 is 2.83 bits per heavy atom. The summed E-state index contributed by atoms with van der Waals surface area (Å²) in [7, 11) is 0. The number of aromatic nitrogens is 2. The molecule has 0 atom stereocenters. The summed E-state index contributed by atoms with van der Waals surface area (Å²) in [5, 5.41) is 4.12. The Hall–Kier alpha value is -1.88. The zero-order chi connectivity index (χ0) is 15.6. The zero-order valence-corrected chi connectivity index (χ0v) is 13.7. The van der Waals surface area contributed by atoms with Gasteiger partial charge in [-0.05, 0) is 37.8 Å². The van der Waals surface area contributed by atoms with Crippen LogP contribution in [0.2, 0.25) is 0 Å². The van der Waals surface area contributed by atoms with E-state index in [4.69, 9.17) is 4.52 Å². The van der Waals surface area contributed by atoms with Gasteiger partial charge in [-0.3, -0.25) is 4.90 Å². The first-order valence-electron chi connectivity index (χ1n) is 8.65. The van der Waals surface area contributed by atoms with Crippen LogP contribution in [-0.4, -0.2) is 41.2 Å². The highest BCUT2D eigenvalue weighted by atomic mass is 16.5. The van der Waals surface area contributed by atoms with Crippen LogP contribution in [-0.2, 0) is 6.54 Å². The van der Waals surface area contributed by atoms with Gasteiger partial charge < -0.3 is 9.42 Å². The Morgan fingerprint density at radius 1 is 1.13 bits per heavy atom. The first-order chi connectivity index (χ1) is 11.3. The van der Waals surface area contributed by atoms with Crippen molar-refractivity contribution in [2.45, 2.75) is 38.6 Å². The fourth-order valence-electron chi connectivity index (χ4n) is 3.32. The summed E-state index contributed by atoms with van der Waals surface area (Å²) in [6, 6.07) is 8.65. The van der Waals surface area contributed by atoms with E-state index in [0.717, 1.165) is 50.9 Å². The highest BCUT2D eigenvalue weighted by Gasteiger charge is 2.29. The van der Waals surface area contributed by atoms with Crippen molar-refractivity contribution in [3.63, 3.8) is 0 Å². The van der Waals surface area contributed by atoms with Gasteiger partial charge >= 0.3 is 0 Å². The molecule has 0 amide bonds. The molecule has 1 aromatic heterocycles. The van der Waals surface area contributed by atoms with Crippen LogP contribution in [0.25, 0.3) is 0 Å². The molecule has 0 N–H and O–H groups in total. The molecule has 23 heavy (non-hydrogen) atoms. The molecule has 122 valence electrons. The fourth-order valence-corrected chi connectivity index (χ4v) is 3.32. The predicted octanol–water partition coefficient (Wildman–Crippen LogP) is 2.97. The molecule has 2 heterocycles. The van der Waals surface area contributed by atoms with E-state index < -0.39 is 0 Å². The van der Waals surface area contributed by atoms with Crippen LogP contribution >= 0.6 is 0 Å². The van der Waals surface area contributed by atoms with E-state index in [2.05, 4.69) is 51.1 Å². The largest absolute Gasteiger partial charge is 0.370 e. The van der Waals surface area contributed by atoms with Crippen LogP contribution in [0, 0.1) is 6.92 Å². The first-order valence-corrected chi connectivity index (χ1v) is 8.65. The zero-order valence-electron chi connectivity index (χ0n) is 13.7. The van der Waals surface area contributed by atoms with Crippen molar-refractivity contribution in [2.24, 2.45) is 0 Å². The number of anilines is 1. The number of aryl methyl sites for hydroxylation is 1. The van der Waals surface area contributed by atoms with Crippen molar-refractivity contribution in [1.82, 2.24) is 15.0 Å². The summed E-state index contributed by atoms with van der Waals surface area (Å²) in [6.45, 7) is 7.25. The van der Waals surface area contributed by atoms with E-state index >= 15 is 0 Å². The SMILES string of the molecule is Cc1ccccc1N1CCCN(Cc2nc(C3CC3)no2)CC1. The Morgan fingerprint density at radius 2 is 2.00 bits per heavy atom. The molecule has 2 aliphatic rings. The van der Waals surface area contributed by atoms with E-state index in [0.29, 0.717) is 5.92 Å². The number of hydrogen-bond donors (Lipinski definition) is 0. The Labute approximate surface area is 137 Å². The molecule has 0 radical (unpaired) electrons. The minimum Gasteiger partial charge on any atom is -0.370 e. The quantitative estimate of drug-likeness (QED) is 0.868. The molecular formula is C18H24N4O. The average Bonchev–Trinajstić information content (AvgIpc) is 3.34. The second-order valence-electron chi connectivity index (χ2n) is 6.72. The van der Waals surface area contributed by atoms with Crippen molar-refractivity contribution in [3.8, 4) is 0 Å². The first kappa shape index (κ1) is 14.7. The summed E-state index contributed by atoms with van der Waals surface area (Å²) in [4.78, 5) is 9.49. The minimum atomic E-state index is 0.563. The molecule has 1 saturated heterocycles. The number of benzene rings is 1. The Kier molecular flexibility index (Phi) is 4.04. The van der Waals surface area contributed by atoms with Crippen LogP contribution in [0.1, 0.15) is 42.5 Å². The van der Waals surface area contributed by atoms with E-state index in [-0.39, 0.29) is 0 Å². The van der Waals surface area contributed by atoms with Gasteiger partial charge in [0.15, 0.2) is 5.82 Å². The average molecular weight is 312 g/mol. The van der Waals surface area contributed by atoms with E-state index in [1.165, 1.54) is 24.1 Å². The second kappa shape index (κ2) is 6.32. The Balaban J connectivity index is 1.37. The van der Waals surface area contributed by atoms with Crippen molar-refractivity contribution in [1.29, 1.82) is 0 Å². The summed E-state index contributed by atoms with van der Waals surface area (Å²) < 4.78 is 5.42. The van der Waals surface area contributed by atoms with Crippen molar-refractivity contribution in [3.05, 3.63) is 41.5 Å². The van der Waals surface area contributed by atoms with Crippen molar-refractivity contribution >= 4 is 5.69 Å². The highest BCUT2D eigenvalue weighted by Crippen LogP contribution is 2.38. The van der Waals surface area contributed by atoms with Gasteiger partial charge in [-0.1, -0.05) is 23.4 Å². The minimum absolute atomic E-state index is 0.563. The lowest BCUT2D eigenvalue weighted by atomic mass is 10.2. The number of para-hydroxylation sites is 1. The topological polar surface area (TPSA) is 45.4 Å². The van der Waals surface area contributed by atoms with Gasteiger partial charge in [-0.25, -0.2) is 0 Å². The van der Waals surface area contributed by atoms with Gasteiger partial charge in [-0.2, -0.15) is 4.98 Å². The highest BCUT2D eigenvalue weighted by molar-refractivity contribution is 5.53. The number of hydrogen-bond acceptors (Lipinski definition) is 5. The van der Waals surface area contributed by atoms with Crippen LogP contribution in [0.3, 0.4) is 0 Å². The van der Waals surface area contributed by atoms with Crippen LogP contribution < -0.4 is 4.90 Å². The smallest absolute Gasteiger partial charge is 0.240 e. The standard InChI is InChI=1S/C18H24N4O/c1-14-5-2-3-6-16(14)22-10-4-9-21(11-12-22)13-17-19-18(20-23-17)15-7-8-15/h2-3,5-6,15H,4,7-13H2,1H3. The third kappa shape index (κ3) is 3.39. The molecule has 0 unspecified atom stereocenters. The molecule has 5 heteroatoms. The lowest BCUT2D eigenvalue weighted by Gasteiger charge is -2.24. The van der Waals surface area contributed by atoms with Crippen LogP contribution in [0.5, 0.6) is 0 Å². The molecule has 1 aromatic carbocycles. The maximum atomic E-state index is 5.42. The van der Waals surface area contributed by atoms with Gasteiger partial charge in [0, 0.05) is 37.8 Å². The van der Waals surface area contributed by atoms with Gasteiger partial charge in [0.25, 0.3) is 0 Å². The second-order valence-corrected chi connectivity index (χ2v) is 6.72. The molecule has 5 nitrogen and oxygen atoms in total. The Bertz CT molecular complexity index is 665. The van der Waals surface area contributed by atoms with Crippen molar-refractivity contribution < 1.29 is 4.52 Å². The normalized spacial score (nSPS) is 19.8. The van der Waals surface area contributed by atoms with E-state index in [1.807, 2.05) is 0 Å². The third-order valence-corrected chi connectivity index (χ3v) is 4.83. The van der Waals surface area contributed by atoms with Gasteiger partial charge in [0.05, 0.1) is 6.54 Å². The molecule has 2 fully saturated rings. The number of rotatable bonds is 4. The molecule has 1 aliphatic carbocycles. The predicted molar refractivity (Wildman–Crippen MR) is 89.6 cm³/mol. The molecule has 0 bridgehead atoms. The summed E-state index contributed by atoms with van der Waals surface area (Å²) >= 11 is 0.